The van der Waals surface area contributed by atoms with E-state index < -0.39 is 38.6 Å². The number of aromatic nitrogens is 1. The van der Waals surface area contributed by atoms with Gasteiger partial charge in [0.2, 0.25) is 10.0 Å². The third-order valence-corrected chi connectivity index (χ3v) is 9.91. The first-order valence-electron chi connectivity index (χ1n) is 11.2. The number of aliphatic hydroxyl groups is 1. The largest absolute Gasteiger partial charge is 0.417 e. The van der Waals surface area contributed by atoms with Crippen molar-refractivity contribution in [1.29, 1.82) is 0 Å². The number of hydrogen-bond acceptors (Lipinski definition) is 6. The Labute approximate surface area is 192 Å². The molecule has 11 heteroatoms. The van der Waals surface area contributed by atoms with Crippen molar-refractivity contribution in [1.82, 2.24) is 9.29 Å². The van der Waals surface area contributed by atoms with Gasteiger partial charge in [-0.1, -0.05) is 13.8 Å². The monoisotopic (exact) mass is 489 g/mol. The lowest BCUT2D eigenvalue weighted by Gasteiger charge is -2.56. The predicted molar refractivity (Wildman–Crippen MR) is 116 cm³/mol. The molecule has 33 heavy (non-hydrogen) atoms. The van der Waals surface area contributed by atoms with E-state index in [2.05, 4.69) is 4.98 Å². The van der Waals surface area contributed by atoms with Crippen LogP contribution in [0.2, 0.25) is 0 Å². The molecular formula is C22H30F3N3O4S. The van der Waals surface area contributed by atoms with Crippen molar-refractivity contribution in [2.24, 2.45) is 16.7 Å². The summed E-state index contributed by atoms with van der Waals surface area (Å²) in [7, 11) is -3.80. The maximum Gasteiger partial charge on any atom is 0.417 e. The Balaban J connectivity index is 1.51. The van der Waals surface area contributed by atoms with E-state index in [1.165, 1.54) is 10.4 Å². The van der Waals surface area contributed by atoms with Crippen molar-refractivity contribution in [3.63, 3.8) is 0 Å². The average molecular weight is 490 g/mol. The van der Waals surface area contributed by atoms with Gasteiger partial charge in [-0.05, 0) is 42.7 Å². The lowest BCUT2D eigenvalue weighted by molar-refractivity contribution is -0.149. The van der Waals surface area contributed by atoms with Gasteiger partial charge < -0.3 is 10.0 Å². The molecule has 0 spiro atoms. The molecule has 2 heterocycles. The molecular weight excluding hydrogens is 459 g/mol. The van der Waals surface area contributed by atoms with E-state index in [4.69, 9.17) is 0 Å². The summed E-state index contributed by atoms with van der Waals surface area (Å²) in [6, 6.07) is 1.50. The molecule has 0 aromatic carbocycles. The number of Topliss-reactive ketones (excluding diaryl/α,β-unsaturated/α-hetero) is 1. The van der Waals surface area contributed by atoms with Gasteiger partial charge in [0.05, 0.1) is 24.0 Å². The van der Waals surface area contributed by atoms with Crippen LogP contribution in [0.1, 0.15) is 45.1 Å². The van der Waals surface area contributed by atoms with Crippen molar-refractivity contribution in [3.05, 3.63) is 23.9 Å². The number of anilines is 1. The van der Waals surface area contributed by atoms with Gasteiger partial charge in [0, 0.05) is 37.7 Å². The third kappa shape index (κ3) is 4.27. The van der Waals surface area contributed by atoms with Crippen LogP contribution >= 0.6 is 0 Å². The van der Waals surface area contributed by atoms with Gasteiger partial charge in [0.25, 0.3) is 0 Å². The van der Waals surface area contributed by atoms with Crippen LogP contribution in [-0.2, 0) is 21.0 Å². The first kappa shape index (κ1) is 24.4. The lowest BCUT2D eigenvalue weighted by atomic mass is 9.49. The SMILES string of the molecule is CC1(C)C[C@@H]2CC[C@@]1(CS(=O)(=O)N1CCN(c3ccc(C(F)(F)F)cn3)C(CO)C1)C(=O)C2. The number of ketones is 1. The second kappa shape index (κ2) is 8.20. The van der Waals surface area contributed by atoms with Gasteiger partial charge in [-0.25, -0.2) is 13.4 Å². The van der Waals surface area contributed by atoms with Crippen LogP contribution in [0.15, 0.2) is 18.3 Å². The number of halogens is 3. The molecule has 3 atom stereocenters. The summed E-state index contributed by atoms with van der Waals surface area (Å²) in [6.07, 6.45) is -1.07. The molecule has 184 valence electrons. The Morgan fingerprint density at radius 1 is 1.24 bits per heavy atom. The highest BCUT2D eigenvalue weighted by Crippen LogP contribution is 2.59. The van der Waals surface area contributed by atoms with Crippen molar-refractivity contribution in [2.75, 3.05) is 36.9 Å². The van der Waals surface area contributed by atoms with E-state index >= 15 is 0 Å². The van der Waals surface area contributed by atoms with Crippen LogP contribution in [0.3, 0.4) is 0 Å². The number of carbonyl (C=O) groups is 1. The number of nitrogens with zero attached hydrogens (tertiary/aromatic N) is 3. The normalized spacial score (nSPS) is 30.6. The van der Waals surface area contributed by atoms with Crippen LogP contribution in [0.25, 0.3) is 0 Å². The Morgan fingerprint density at radius 2 is 1.97 bits per heavy atom. The summed E-state index contributed by atoms with van der Waals surface area (Å²) in [6.45, 7) is 3.85. The summed E-state index contributed by atoms with van der Waals surface area (Å²) in [5.74, 6) is 0.370. The number of aliphatic hydroxyl groups excluding tert-OH is 1. The second-order valence-electron chi connectivity index (χ2n) is 10.2. The minimum atomic E-state index is -4.50. The van der Waals surface area contributed by atoms with E-state index in [0.29, 0.717) is 18.8 Å². The molecule has 1 saturated heterocycles. The van der Waals surface area contributed by atoms with Crippen LogP contribution in [-0.4, -0.2) is 66.6 Å². The van der Waals surface area contributed by atoms with Crippen LogP contribution in [0, 0.1) is 16.7 Å². The fraction of sp³-hybridized carbons (Fsp3) is 0.727. The standard InChI is InChI=1S/C22H30F3N3O4S/c1-20(2)10-15-5-6-21(20,18(30)9-15)14-33(31,32)27-7-8-28(17(12-27)13-29)19-4-3-16(11-26-19)22(23,24)25/h3-4,11,15,17,29H,5-10,12-14H2,1-2H3/t15-,17?,21-/m1/s1. The molecule has 0 radical (unpaired) electrons. The zero-order valence-electron chi connectivity index (χ0n) is 18.8. The van der Waals surface area contributed by atoms with Gasteiger partial charge >= 0.3 is 6.18 Å². The molecule has 3 aliphatic carbocycles. The summed E-state index contributed by atoms with van der Waals surface area (Å²) in [5.41, 5.74) is -2.18. The molecule has 1 aliphatic heterocycles. The zero-order chi connectivity index (χ0) is 24.2. The predicted octanol–water partition coefficient (Wildman–Crippen LogP) is 2.70. The van der Waals surface area contributed by atoms with Crippen molar-refractivity contribution in [2.45, 2.75) is 51.7 Å². The van der Waals surface area contributed by atoms with Crippen LogP contribution in [0.5, 0.6) is 0 Å². The molecule has 0 amide bonds. The second-order valence-corrected chi connectivity index (χ2v) is 12.2. The average Bonchev–Trinajstić information content (AvgIpc) is 2.73. The third-order valence-electron chi connectivity index (χ3n) is 7.93. The van der Waals surface area contributed by atoms with E-state index in [-0.39, 0.29) is 43.6 Å². The van der Waals surface area contributed by atoms with E-state index in [1.807, 2.05) is 13.8 Å². The van der Waals surface area contributed by atoms with E-state index in [0.717, 1.165) is 25.1 Å². The van der Waals surface area contributed by atoms with Gasteiger partial charge in [0.1, 0.15) is 11.6 Å². The van der Waals surface area contributed by atoms with Gasteiger partial charge in [-0.15, -0.1) is 0 Å². The number of rotatable bonds is 5. The summed E-state index contributed by atoms with van der Waals surface area (Å²) >= 11 is 0. The smallest absolute Gasteiger partial charge is 0.394 e. The highest BCUT2D eigenvalue weighted by atomic mass is 32.2. The Kier molecular flexibility index (Phi) is 6.06. The maximum atomic E-state index is 13.5. The molecule has 7 nitrogen and oxygen atoms in total. The van der Waals surface area contributed by atoms with Crippen molar-refractivity contribution < 1.29 is 31.5 Å². The van der Waals surface area contributed by atoms with Gasteiger partial charge in [-0.2, -0.15) is 17.5 Å². The number of carbonyl (C=O) groups excluding carboxylic acids is 1. The first-order chi connectivity index (χ1) is 15.3. The molecule has 1 aromatic heterocycles. The summed E-state index contributed by atoms with van der Waals surface area (Å²) < 4.78 is 66.7. The minimum absolute atomic E-state index is 0.0190. The molecule has 4 aliphatic rings. The van der Waals surface area contributed by atoms with Crippen molar-refractivity contribution >= 4 is 21.6 Å². The minimum Gasteiger partial charge on any atom is -0.394 e. The highest BCUT2D eigenvalue weighted by molar-refractivity contribution is 7.89. The molecule has 4 fully saturated rings. The molecule has 2 bridgehead atoms. The number of sulfonamides is 1. The molecule has 1 aromatic rings. The van der Waals surface area contributed by atoms with E-state index in [1.54, 1.807) is 4.90 Å². The summed E-state index contributed by atoms with van der Waals surface area (Å²) in [4.78, 5) is 18.5. The number of pyridine rings is 1. The number of hydrogen-bond donors (Lipinski definition) is 1. The van der Waals surface area contributed by atoms with E-state index in [9.17, 15) is 31.5 Å². The molecule has 1 N–H and O–H groups in total. The number of piperazine rings is 1. The Hall–Kier alpha value is -1.72. The first-order valence-corrected chi connectivity index (χ1v) is 12.8. The van der Waals surface area contributed by atoms with Crippen LogP contribution < -0.4 is 4.90 Å². The fourth-order valence-corrected chi connectivity index (χ4v) is 8.23. The van der Waals surface area contributed by atoms with Gasteiger partial charge in [0.15, 0.2) is 0 Å². The number of fused-ring (bicyclic) bond motifs is 3. The van der Waals surface area contributed by atoms with Crippen molar-refractivity contribution in [3.8, 4) is 0 Å². The van der Waals surface area contributed by atoms with Gasteiger partial charge in [-0.3, -0.25) is 4.79 Å². The highest BCUT2D eigenvalue weighted by Gasteiger charge is 2.60. The number of alkyl halides is 3. The maximum absolute atomic E-state index is 13.5. The fourth-order valence-electron chi connectivity index (χ4n) is 5.97. The Bertz CT molecular complexity index is 1010. The zero-order valence-corrected chi connectivity index (χ0v) is 19.6. The topological polar surface area (TPSA) is 90.8 Å². The molecule has 5 rings (SSSR count). The van der Waals surface area contributed by atoms with Crippen LogP contribution in [0.4, 0.5) is 19.0 Å². The lowest BCUT2D eigenvalue weighted by Crippen LogP contribution is -2.61. The molecule has 3 saturated carbocycles. The summed E-state index contributed by atoms with van der Waals surface area (Å²) in [5, 5.41) is 9.91. The molecule has 1 unspecified atom stereocenters. The Morgan fingerprint density at radius 3 is 2.52 bits per heavy atom. The quantitative estimate of drug-likeness (QED) is 0.684.